The number of benzene rings is 2. The molecule has 0 radical (unpaired) electrons. The maximum atomic E-state index is 11.6. The van der Waals surface area contributed by atoms with Crippen LogP contribution in [-0.4, -0.2) is 38.8 Å². The van der Waals surface area contributed by atoms with Gasteiger partial charge in [0.15, 0.2) is 0 Å². The van der Waals surface area contributed by atoms with Gasteiger partial charge in [-0.2, -0.15) is 0 Å². The summed E-state index contributed by atoms with van der Waals surface area (Å²) in [4.78, 5) is 5.70. The van der Waals surface area contributed by atoms with Gasteiger partial charge in [0, 0.05) is 41.1 Å². The van der Waals surface area contributed by atoms with Crippen molar-refractivity contribution < 1.29 is 8.42 Å². The maximum Gasteiger partial charge on any atom is 0.229 e. The van der Waals surface area contributed by atoms with E-state index in [1.807, 2.05) is 18.3 Å². The largest absolute Gasteiger partial charge is 0.364 e. The Labute approximate surface area is 166 Å². The van der Waals surface area contributed by atoms with Gasteiger partial charge < -0.3 is 15.2 Å². The van der Waals surface area contributed by atoms with Crippen molar-refractivity contribution in [1.29, 1.82) is 0 Å². The number of piperidine rings is 1. The molecule has 1 aliphatic rings. The van der Waals surface area contributed by atoms with Gasteiger partial charge in [0.1, 0.15) is 0 Å². The van der Waals surface area contributed by atoms with Gasteiger partial charge in [0.25, 0.3) is 0 Å². The van der Waals surface area contributed by atoms with Crippen molar-refractivity contribution >= 4 is 32.3 Å². The molecule has 4 rings (SSSR count). The summed E-state index contributed by atoms with van der Waals surface area (Å²) in [5.74, 6) is 0. The summed E-state index contributed by atoms with van der Waals surface area (Å²) in [5, 5.41) is 4.63. The Morgan fingerprint density at radius 1 is 1.11 bits per heavy atom. The number of sulfonamides is 1. The first-order chi connectivity index (χ1) is 13.5. The predicted octanol–water partition coefficient (Wildman–Crippen LogP) is 3.30. The summed E-state index contributed by atoms with van der Waals surface area (Å²) >= 11 is 0. The van der Waals surface area contributed by atoms with Gasteiger partial charge in [-0.1, -0.05) is 12.1 Å². The van der Waals surface area contributed by atoms with E-state index in [1.54, 1.807) is 6.07 Å². The lowest BCUT2D eigenvalue weighted by Crippen LogP contribution is -2.43. The second kappa shape index (κ2) is 7.85. The van der Waals surface area contributed by atoms with Gasteiger partial charge in [-0.15, -0.1) is 0 Å². The zero-order valence-corrected chi connectivity index (χ0v) is 16.8. The second-order valence-corrected chi connectivity index (χ2v) is 9.18. The molecule has 3 N–H and O–H groups in total. The first-order valence-corrected chi connectivity index (χ1v) is 11.5. The smallest absolute Gasteiger partial charge is 0.229 e. The van der Waals surface area contributed by atoms with Crippen LogP contribution in [0.25, 0.3) is 10.9 Å². The van der Waals surface area contributed by atoms with Crippen molar-refractivity contribution in [3.05, 3.63) is 60.3 Å². The summed E-state index contributed by atoms with van der Waals surface area (Å²) in [5.41, 5.74) is 4.02. The van der Waals surface area contributed by atoms with Crippen LogP contribution in [0.5, 0.6) is 0 Å². The van der Waals surface area contributed by atoms with E-state index in [0.29, 0.717) is 11.7 Å². The molecule has 0 unspecified atom stereocenters. The first-order valence-electron chi connectivity index (χ1n) is 9.59. The van der Waals surface area contributed by atoms with Crippen molar-refractivity contribution in [1.82, 2.24) is 10.3 Å². The SMILES string of the molecule is CS(=O)(=O)Nc1cccc(CN(c2ccc3[nH]ccc3c2)C2CCNCC2)c1. The molecule has 7 heteroatoms. The average Bonchev–Trinajstić information content (AvgIpc) is 3.13. The molecule has 1 aliphatic heterocycles. The van der Waals surface area contributed by atoms with Gasteiger partial charge in [-0.05, 0) is 67.9 Å². The molecule has 0 saturated carbocycles. The summed E-state index contributed by atoms with van der Waals surface area (Å²) in [6, 6.07) is 16.7. The van der Waals surface area contributed by atoms with Crippen LogP contribution in [0.1, 0.15) is 18.4 Å². The monoisotopic (exact) mass is 398 g/mol. The number of hydrogen-bond donors (Lipinski definition) is 3. The summed E-state index contributed by atoms with van der Waals surface area (Å²) in [6.07, 6.45) is 5.32. The summed E-state index contributed by atoms with van der Waals surface area (Å²) < 4.78 is 25.7. The number of aromatic amines is 1. The highest BCUT2D eigenvalue weighted by Crippen LogP contribution is 2.28. The molecule has 28 heavy (non-hydrogen) atoms. The standard InChI is InChI=1S/C21H26N4O2S/c1-28(26,27)24-18-4-2-3-16(13-18)15-25(19-8-10-22-11-9-19)20-5-6-21-17(14-20)7-12-23-21/h2-7,12-14,19,22-24H,8-11,15H2,1H3. The van der Waals surface area contributed by atoms with Crippen LogP contribution in [0.4, 0.5) is 11.4 Å². The van der Waals surface area contributed by atoms with Crippen molar-refractivity contribution in [2.75, 3.05) is 29.0 Å². The van der Waals surface area contributed by atoms with E-state index in [1.165, 1.54) is 17.3 Å². The van der Waals surface area contributed by atoms with E-state index >= 15 is 0 Å². The minimum Gasteiger partial charge on any atom is -0.364 e. The quantitative estimate of drug-likeness (QED) is 0.595. The Bertz CT molecular complexity index is 1050. The van der Waals surface area contributed by atoms with Crippen LogP contribution in [0.15, 0.2) is 54.7 Å². The van der Waals surface area contributed by atoms with Crippen molar-refractivity contribution in [3.8, 4) is 0 Å². The Morgan fingerprint density at radius 3 is 2.71 bits per heavy atom. The summed E-state index contributed by atoms with van der Waals surface area (Å²) in [6.45, 7) is 2.77. The minimum atomic E-state index is -3.29. The normalized spacial score (nSPS) is 15.6. The lowest BCUT2D eigenvalue weighted by molar-refractivity contribution is 0.428. The molecule has 0 atom stereocenters. The van der Waals surface area contributed by atoms with Crippen molar-refractivity contribution in [2.45, 2.75) is 25.4 Å². The lowest BCUT2D eigenvalue weighted by Gasteiger charge is -2.36. The van der Waals surface area contributed by atoms with Gasteiger partial charge >= 0.3 is 0 Å². The Morgan fingerprint density at radius 2 is 1.93 bits per heavy atom. The van der Waals surface area contributed by atoms with E-state index in [-0.39, 0.29) is 0 Å². The third-order valence-electron chi connectivity index (χ3n) is 5.20. The molecule has 6 nitrogen and oxygen atoms in total. The van der Waals surface area contributed by atoms with Crippen molar-refractivity contribution in [2.24, 2.45) is 0 Å². The molecule has 0 spiro atoms. The van der Waals surface area contributed by atoms with Crippen LogP contribution in [0, 0.1) is 0 Å². The fourth-order valence-corrected chi connectivity index (χ4v) is 4.47. The third-order valence-corrected chi connectivity index (χ3v) is 5.81. The van der Waals surface area contributed by atoms with Gasteiger partial charge in [0.2, 0.25) is 10.0 Å². The topological polar surface area (TPSA) is 77.2 Å². The number of H-pyrrole nitrogens is 1. The number of nitrogens with zero attached hydrogens (tertiary/aromatic N) is 1. The Hall–Kier alpha value is -2.51. The maximum absolute atomic E-state index is 11.6. The van der Waals surface area contributed by atoms with Crippen LogP contribution >= 0.6 is 0 Å². The lowest BCUT2D eigenvalue weighted by atomic mass is 10.0. The molecule has 0 amide bonds. The third kappa shape index (κ3) is 4.48. The fraction of sp³-hybridized carbons (Fsp3) is 0.333. The van der Waals surface area contributed by atoms with E-state index in [2.05, 4.69) is 50.3 Å². The average molecular weight is 399 g/mol. The number of hydrogen-bond acceptors (Lipinski definition) is 4. The zero-order chi connectivity index (χ0) is 19.6. The molecule has 1 saturated heterocycles. The fourth-order valence-electron chi connectivity index (χ4n) is 3.91. The molecule has 0 bridgehead atoms. The van der Waals surface area contributed by atoms with E-state index < -0.39 is 10.0 Å². The van der Waals surface area contributed by atoms with Crippen LogP contribution in [0.3, 0.4) is 0 Å². The Balaban J connectivity index is 1.64. The molecule has 148 valence electrons. The highest BCUT2D eigenvalue weighted by molar-refractivity contribution is 7.92. The van der Waals surface area contributed by atoms with Gasteiger partial charge in [-0.3, -0.25) is 4.72 Å². The first kappa shape index (κ1) is 18.8. The molecule has 2 aromatic carbocycles. The highest BCUT2D eigenvalue weighted by Gasteiger charge is 2.22. The van der Waals surface area contributed by atoms with Crippen LogP contribution in [-0.2, 0) is 16.6 Å². The van der Waals surface area contributed by atoms with E-state index in [0.717, 1.165) is 43.6 Å². The van der Waals surface area contributed by atoms with Crippen LogP contribution < -0.4 is 14.9 Å². The molecule has 1 aromatic heterocycles. The minimum absolute atomic E-state index is 0.448. The number of anilines is 2. The molecular weight excluding hydrogens is 372 g/mol. The Kier molecular flexibility index (Phi) is 5.28. The molecule has 3 aromatic rings. The van der Waals surface area contributed by atoms with Gasteiger partial charge in [0.05, 0.1) is 6.26 Å². The molecule has 2 heterocycles. The zero-order valence-electron chi connectivity index (χ0n) is 16.0. The van der Waals surface area contributed by atoms with Gasteiger partial charge in [-0.25, -0.2) is 8.42 Å². The second-order valence-electron chi connectivity index (χ2n) is 7.43. The molecule has 0 aliphatic carbocycles. The number of rotatable bonds is 6. The molecule has 1 fully saturated rings. The molecular formula is C21H26N4O2S. The predicted molar refractivity (Wildman–Crippen MR) is 115 cm³/mol. The van der Waals surface area contributed by atoms with Crippen molar-refractivity contribution in [3.63, 3.8) is 0 Å². The number of aromatic nitrogens is 1. The highest BCUT2D eigenvalue weighted by atomic mass is 32.2. The van der Waals surface area contributed by atoms with E-state index in [9.17, 15) is 8.42 Å². The van der Waals surface area contributed by atoms with Crippen LogP contribution in [0.2, 0.25) is 0 Å². The number of fused-ring (bicyclic) bond motifs is 1. The number of nitrogens with one attached hydrogen (secondary N) is 3. The van der Waals surface area contributed by atoms with E-state index in [4.69, 9.17) is 0 Å². The summed E-state index contributed by atoms with van der Waals surface area (Å²) in [7, 11) is -3.29.